The van der Waals surface area contributed by atoms with Crippen molar-refractivity contribution in [1.29, 1.82) is 0 Å². The zero-order valence-corrected chi connectivity index (χ0v) is 49.1. The number of furan rings is 2. The van der Waals surface area contributed by atoms with E-state index in [0.717, 1.165) is 89.1 Å². The van der Waals surface area contributed by atoms with Gasteiger partial charge in [0.2, 0.25) is 0 Å². The molecule has 2 aliphatic heterocycles. The van der Waals surface area contributed by atoms with Crippen molar-refractivity contribution in [2.75, 3.05) is 9.80 Å². The lowest BCUT2D eigenvalue weighted by atomic mass is 9.33. The molecule has 16 rings (SSSR count). The highest BCUT2D eigenvalue weighted by molar-refractivity contribution is 7.00. The predicted molar refractivity (Wildman–Crippen MR) is 350 cm³/mol. The molecular formula is C76H66BN3O2. The van der Waals surface area contributed by atoms with Crippen molar-refractivity contribution < 1.29 is 8.83 Å². The average molecular weight is 1060 g/mol. The Labute approximate surface area is 479 Å². The molecule has 400 valence electrons. The van der Waals surface area contributed by atoms with E-state index in [2.05, 4.69) is 279 Å². The fourth-order valence-electron chi connectivity index (χ4n) is 14.0. The van der Waals surface area contributed by atoms with E-state index in [1.807, 2.05) is 0 Å². The van der Waals surface area contributed by atoms with Crippen molar-refractivity contribution in [3.8, 4) is 11.1 Å². The van der Waals surface area contributed by atoms with E-state index in [1.54, 1.807) is 0 Å². The van der Waals surface area contributed by atoms with Gasteiger partial charge < -0.3 is 23.0 Å². The van der Waals surface area contributed by atoms with Crippen molar-refractivity contribution in [3.63, 3.8) is 0 Å². The predicted octanol–water partition coefficient (Wildman–Crippen LogP) is 19.6. The van der Waals surface area contributed by atoms with Crippen LogP contribution < -0.4 is 26.2 Å². The van der Waals surface area contributed by atoms with Gasteiger partial charge in [-0.25, -0.2) is 0 Å². The van der Waals surface area contributed by atoms with Crippen LogP contribution in [-0.2, 0) is 21.7 Å². The number of anilines is 6. The largest absolute Gasteiger partial charge is 0.454 e. The van der Waals surface area contributed by atoms with Crippen LogP contribution in [0.5, 0.6) is 0 Å². The molecule has 82 heavy (non-hydrogen) atoms. The van der Waals surface area contributed by atoms with Crippen molar-refractivity contribution in [2.45, 2.75) is 105 Å². The molecule has 0 radical (unpaired) electrons. The van der Waals surface area contributed by atoms with Crippen molar-refractivity contribution in [1.82, 2.24) is 4.40 Å². The lowest BCUT2D eigenvalue weighted by Crippen LogP contribution is -2.61. The zero-order valence-electron chi connectivity index (χ0n) is 49.1. The summed E-state index contributed by atoms with van der Waals surface area (Å²) in [5.41, 5.74) is 24.4. The molecule has 0 fully saturated rings. The minimum absolute atomic E-state index is 0.141. The molecule has 0 spiro atoms. The Bertz CT molecular complexity index is 4770. The van der Waals surface area contributed by atoms with E-state index >= 15 is 0 Å². The summed E-state index contributed by atoms with van der Waals surface area (Å²) < 4.78 is 17.1. The number of para-hydroxylation sites is 4. The number of rotatable bonds is 3. The van der Waals surface area contributed by atoms with Crippen LogP contribution in [0, 0.1) is 0 Å². The lowest BCUT2D eigenvalue weighted by Gasteiger charge is -2.45. The number of hydrogen-bond donors (Lipinski definition) is 0. The Balaban J connectivity index is 1.09. The molecule has 0 bridgehead atoms. The molecule has 6 heterocycles. The standard InChI is InChI=1S/C76H66BN3O2/c1-73(2,3)45-37-46(74(4,5)6)40-49(39-45)78-63-35-44(43-28-33-62-58(34-43)55-24-19-23-54-51-20-13-16-25-61(51)80(62)68(54)55)36-64-67(63)77(59-31-29-56-52-21-14-17-26-65(52)81-71(56)69(59)78)60-32-30-57-53-22-15-18-27-66(53)82-72(57)70(60)79(64)50-41-47(75(7,8)9)38-48(42-50)76(10,11)12/h13-42H,1-12H3. The Morgan fingerprint density at radius 3 is 1.26 bits per heavy atom. The molecule has 0 saturated heterocycles. The van der Waals surface area contributed by atoms with Gasteiger partial charge in [-0.15, -0.1) is 0 Å². The molecule has 0 amide bonds. The molecule has 0 atom stereocenters. The first kappa shape index (κ1) is 49.1. The summed E-state index contributed by atoms with van der Waals surface area (Å²) >= 11 is 0. The molecule has 14 aromatic rings. The topological polar surface area (TPSA) is 37.2 Å². The molecule has 0 saturated carbocycles. The van der Waals surface area contributed by atoms with Gasteiger partial charge in [-0.3, -0.25) is 0 Å². The SMILES string of the molecule is CC(C)(C)c1cc(N2c3cc(-c4ccc5c(c4)c4cccc6c7ccccc7n5c64)cc4c3B(c3ccc5c(oc6ccccc65)c32)c2ccc3c(oc5ccccc53)c2N4c2cc(C(C)(C)C)cc(C(C)(C)C)c2)cc(C(C)(C)C)c1. The van der Waals surface area contributed by atoms with Crippen LogP contribution in [0.2, 0.25) is 0 Å². The van der Waals surface area contributed by atoms with Crippen LogP contribution in [0.25, 0.3) is 93.1 Å². The summed E-state index contributed by atoms with van der Waals surface area (Å²) in [5, 5.41) is 9.49. The maximum absolute atomic E-state index is 7.31. The molecule has 4 aromatic heterocycles. The highest BCUT2D eigenvalue weighted by Crippen LogP contribution is 2.53. The van der Waals surface area contributed by atoms with Gasteiger partial charge in [-0.2, -0.15) is 0 Å². The Kier molecular flexibility index (Phi) is 9.87. The average Bonchev–Trinajstić information content (AvgIpc) is 3.07. The third-order valence-electron chi connectivity index (χ3n) is 18.5. The first-order valence-corrected chi connectivity index (χ1v) is 29.3. The van der Waals surface area contributed by atoms with Crippen molar-refractivity contribution >= 4 is 139 Å². The second kappa shape index (κ2) is 16.5. The molecule has 6 heteroatoms. The van der Waals surface area contributed by atoms with Crippen LogP contribution in [-0.4, -0.2) is 11.1 Å². The van der Waals surface area contributed by atoms with E-state index in [9.17, 15) is 0 Å². The van der Waals surface area contributed by atoms with Gasteiger partial charge >= 0.3 is 0 Å². The first-order valence-electron chi connectivity index (χ1n) is 29.3. The number of fused-ring (bicyclic) bond motifs is 18. The van der Waals surface area contributed by atoms with Crippen molar-refractivity contribution in [3.05, 3.63) is 204 Å². The summed E-state index contributed by atoms with van der Waals surface area (Å²) in [7, 11) is 0. The van der Waals surface area contributed by atoms with Gasteiger partial charge in [-0.05, 0) is 138 Å². The summed E-state index contributed by atoms with van der Waals surface area (Å²) in [4.78, 5) is 5.20. The molecule has 5 nitrogen and oxygen atoms in total. The van der Waals surface area contributed by atoms with Gasteiger partial charge in [0.05, 0.1) is 27.9 Å². The summed E-state index contributed by atoms with van der Waals surface area (Å²) in [5.74, 6) is 0. The smallest absolute Gasteiger partial charge is 0.252 e. The monoisotopic (exact) mass is 1060 g/mol. The second-order valence-electron chi connectivity index (χ2n) is 27.8. The first-order chi connectivity index (χ1) is 39.2. The Hall–Kier alpha value is -8.74. The minimum Gasteiger partial charge on any atom is -0.454 e. The van der Waals surface area contributed by atoms with Crippen LogP contribution in [0.3, 0.4) is 0 Å². The fraction of sp³-hybridized carbons (Fsp3) is 0.211. The maximum Gasteiger partial charge on any atom is 0.252 e. The molecule has 2 aliphatic rings. The highest BCUT2D eigenvalue weighted by Gasteiger charge is 2.47. The Morgan fingerprint density at radius 1 is 0.341 bits per heavy atom. The van der Waals surface area contributed by atoms with Gasteiger partial charge in [0.25, 0.3) is 6.71 Å². The molecule has 0 N–H and O–H groups in total. The number of hydrogen-bond acceptors (Lipinski definition) is 4. The van der Waals surface area contributed by atoms with E-state index in [1.165, 1.54) is 76.7 Å². The zero-order chi connectivity index (χ0) is 56.3. The normalized spacial score (nSPS) is 14.0. The Morgan fingerprint density at radius 2 is 0.768 bits per heavy atom. The maximum atomic E-state index is 7.31. The van der Waals surface area contributed by atoms with Crippen LogP contribution in [0.4, 0.5) is 34.1 Å². The molecule has 10 aromatic carbocycles. The lowest BCUT2D eigenvalue weighted by molar-refractivity contribution is 0.568. The van der Waals surface area contributed by atoms with Gasteiger partial charge in [-0.1, -0.05) is 198 Å². The van der Waals surface area contributed by atoms with Gasteiger partial charge in [0, 0.05) is 65.8 Å². The van der Waals surface area contributed by atoms with Gasteiger partial charge in [0.15, 0.2) is 11.2 Å². The van der Waals surface area contributed by atoms with E-state index in [-0.39, 0.29) is 28.4 Å². The summed E-state index contributed by atoms with van der Waals surface area (Å²) in [6.45, 7) is 27.9. The number of nitrogens with zero attached hydrogens (tertiary/aromatic N) is 3. The second-order valence-corrected chi connectivity index (χ2v) is 27.8. The van der Waals surface area contributed by atoms with E-state index < -0.39 is 0 Å². The fourth-order valence-corrected chi connectivity index (χ4v) is 14.0. The highest BCUT2D eigenvalue weighted by atomic mass is 16.3. The van der Waals surface area contributed by atoms with Crippen LogP contribution in [0.1, 0.15) is 105 Å². The molecular weight excluding hydrogens is 998 g/mol. The molecule has 0 aliphatic carbocycles. The van der Waals surface area contributed by atoms with Crippen LogP contribution >= 0.6 is 0 Å². The summed E-state index contributed by atoms with van der Waals surface area (Å²) in [6.07, 6.45) is 0. The van der Waals surface area contributed by atoms with E-state index in [0.29, 0.717) is 0 Å². The third-order valence-corrected chi connectivity index (χ3v) is 18.5. The van der Waals surface area contributed by atoms with Crippen LogP contribution in [0.15, 0.2) is 191 Å². The third kappa shape index (κ3) is 6.93. The number of aromatic nitrogens is 1. The van der Waals surface area contributed by atoms with Crippen molar-refractivity contribution in [2.24, 2.45) is 0 Å². The minimum atomic E-state index is -0.204. The number of benzene rings is 10. The molecule has 0 unspecified atom stereocenters. The quantitative estimate of drug-likeness (QED) is 0.165. The van der Waals surface area contributed by atoms with Gasteiger partial charge in [0.1, 0.15) is 11.2 Å². The summed E-state index contributed by atoms with van der Waals surface area (Å²) in [6, 6.07) is 69.2. The van der Waals surface area contributed by atoms with E-state index in [4.69, 9.17) is 8.83 Å².